The van der Waals surface area contributed by atoms with Gasteiger partial charge in [0.05, 0.1) is 11.1 Å². The second-order valence-electron chi connectivity index (χ2n) is 10.7. The van der Waals surface area contributed by atoms with Crippen LogP contribution in [0.5, 0.6) is 5.75 Å². The molecular weight excluding hydrogens is 594 g/mol. The van der Waals surface area contributed by atoms with E-state index in [0.717, 1.165) is 62.1 Å². The number of benzene rings is 3. The first-order valence-electron chi connectivity index (χ1n) is 14.3. The van der Waals surface area contributed by atoms with Crippen LogP contribution in [0.25, 0.3) is 5.69 Å². The summed E-state index contributed by atoms with van der Waals surface area (Å²) in [6.07, 6.45) is 3.35. The number of aromatic hydroxyl groups is 1. The number of nitrogen functional groups attached to an aromatic ring is 1. The van der Waals surface area contributed by atoms with Crippen LogP contribution in [0.4, 0.5) is 23.4 Å². The number of hydrogen-bond donors (Lipinski definition) is 3. The zero-order valence-corrected chi connectivity index (χ0v) is 23.9. The highest BCUT2D eigenvalue weighted by atomic mass is 19.1. The highest BCUT2D eigenvalue weighted by molar-refractivity contribution is 6.11. The number of nitrogens with two attached hydrogens (primary N) is 1. The Morgan fingerprint density at radius 3 is 2.20 bits per heavy atom. The number of ether oxygens (including phenoxy) is 1. The number of nitrogens with zero attached hydrogens (tertiary/aromatic N) is 1. The number of anilines is 1. The number of carbonyl (C=O) groups is 2. The predicted molar refractivity (Wildman–Crippen MR) is 157 cm³/mol. The fraction of sp³-hybridized carbons (Fsp3) is 0.242. The Labute approximate surface area is 255 Å². The van der Waals surface area contributed by atoms with Gasteiger partial charge in [-0.1, -0.05) is 12.1 Å². The highest BCUT2D eigenvalue weighted by Crippen LogP contribution is 2.27. The van der Waals surface area contributed by atoms with E-state index >= 15 is 8.78 Å². The van der Waals surface area contributed by atoms with Crippen molar-refractivity contribution < 1.29 is 37.0 Å². The Hall–Kier alpha value is -4.97. The molecule has 0 radical (unpaired) electrons. The Bertz CT molecular complexity index is 1780. The fourth-order valence-electron chi connectivity index (χ4n) is 5.37. The van der Waals surface area contributed by atoms with E-state index in [1.807, 2.05) is 0 Å². The molecule has 234 valence electrons. The van der Waals surface area contributed by atoms with Crippen LogP contribution in [0.1, 0.15) is 58.8 Å². The second-order valence-corrected chi connectivity index (χ2v) is 10.7. The van der Waals surface area contributed by atoms with E-state index in [1.165, 1.54) is 12.1 Å². The van der Waals surface area contributed by atoms with Gasteiger partial charge in [0.2, 0.25) is 0 Å². The van der Waals surface area contributed by atoms with Crippen molar-refractivity contribution in [3.63, 3.8) is 0 Å². The summed E-state index contributed by atoms with van der Waals surface area (Å²) in [6.45, 7) is 0.0961. The molecule has 1 fully saturated rings. The van der Waals surface area contributed by atoms with E-state index in [0.29, 0.717) is 16.2 Å². The number of esters is 1. The predicted octanol–water partition coefficient (Wildman–Crippen LogP) is 5.27. The fourth-order valence-corrected chi connectivity index (χ4v) is 5.37. The van der Waals surface area contributed by atoms with E-state index in [9.17, 15) is 28.3 Å². The van der Waals surface area contributed by atoms with Crippen molar-refractivity contribution >= 4 is 17.6 Å². The van der Waals surface area contributed by atoms with Gasteiger partial charge in [0.25, 0.3) is 5.56 Å². The molecule has 0 bridgehead atoms. The van der Waals surface area contributed by atoms with Crippen molar-refractivity contribution in [2.45, 2.75) is 44.2 Å². The molecule has 4 N–H and O–H groups in total. The van der Waals surface area contributed by atoms with E-state index in [4.69, 9.17) is 10.5 Å². The highest BCUT2D eigenvalue weighted by Gasteiger charge is 2.27. The molecule has 12 heteroatoms. The van der Waals surface area contributed by atoms with Crippen molar-refractivity contribution in [1.29, 1.82) is 0 Å². The van der Waals surface area contributed by atoms with Gasteiger partial charge < -0.3 is 20.9 Å². The zero-order valence-electron chi connectivity index (χ0n) is 23.9. The van der Waals surface area contributed by atoms with E-state index in [2.05, 4.69) is 5.32 Å². The van der Waals surface area contributed by atoms with E-state index in [1.54, 1.807) is 12.1 Å². The number of ketones is 1. The van der Waals surface area contributed by atoms with Crippen LogP contribution in [0.15, 0.2) is 71.5 Å². The lowest BCUT2D eigenvalue weighted by molar-refractivity contribution is -0.151. The van der Waals surface area contributed by atoms with Gasteiger partial charge in [0, 0.05) is 18.7 Å². The second kappa shape index (κ2) is 13.3. The van der Waals surface area contributed by atoms with Gasteiger partial charge in [-0.3, -0.25) is 14.2 Å². The topological polar surface area (TPSA) is 124 Å². The van der Waals surface area contributed by atoms with Crippen LogP contribution in [0.2, 0.25) is 0 Å². The summed E-state index contributed by atoms with van der Waals surface area (Å²) < 4.78 is 64.5. The monoisotopic (exact) mass is 623 g/mol. The first-order valence-corrected chi connectivity index (χ1v) is 14.3. The maximum Gasteiger partial charge on any atom is 0.328 e. The minimum Gasteiger partial charge on any atom is -0.508 e. The van der Waals surface area contributed by atoms with Gasteiger partial charge in [-0.2, -0.15) is 0 Å². The summed E-state index contributed by atoms with van der Waals surface area (Å²) in [4.78, 5) is 38.7. The molecule has 0 saturated heterocycles. The molecule has 1 aromatic heterocycles. The minimum atomic E-state index is -1.17. The molecule has 5 rings (SSSR count). The van der Waals surface area contributed by atoms with Crippen LogP contribution >= 0.6 is 0 Å². The Balaban J connectivity index is 1.37. The van der Waals surface area contributed by atoms with Crippen molar-refractivity contribution in [1.82, 2.24) is 9.88 Å². The molecule has 3 aromatic carbocycles. The molecule has 1 saturated carbocycles. The maximum absolute atomic E-state index is 15.4. The van der Waals surface area contributed by atoms with Gasteiger partial charge in [0.1, 0.15) is 41.0 Å². The van der Waals surface area contributed by atoms with Gasteiger partial charge >= 0.3 is 5.97 Å². The lowest BCUT2D eigenvalue weighted by Crippen LogP contribution is -2.33. The summed E-state index contributed by atoms with van der Waals surface area (Å²) in [5.74, 6) is -6.56. The van der Waals surface area contributed by atoms with Crippen LogP contribution in [-0.4, -0.2) is 34.1 Å². The Morgan fingerprint density at radius 2 is 1.56 bits per heavy atom. The van der Waals surface area contributed by atoms with Gasteiger partial charge in [-0.15, -0.1) is 0 Å². The van der Waals surface area contributed by atoms with Crippen LogP contribution in [0.3, 0.4) is 0 Å². The third-order valence-corrected chi connectivity index (χ3v) is 7.66. The van der Waals surface area contributed by atoms with Gasteiger partial charge in [0.15, 0.2) is 17.4 Å². The van der Waals surface area contributed by atoms with Crippen molar-refractivity contribution in [3.8, 4) is 11.4 Å². The quantitative estimate of drug-likeness (QED) is 0.125. The van der Waals surface area contributed by atoms with Crippen molar-refractivity contribution in [2.75, 3.05) is 12.3 Å². The number of halogens is 4. The third kappa shape index (κ3) is 6.91. The number of hydrogen-bond acceptors (Lipinski definition) is 7. The lowest BCUT2D eigenvalue weighted by atomic mass is 10.0. The first-order chi connectivity index (χ1) is 21.5. The number of nitrogens with one attached hydrogen (secondary N) is 1. The summed E-state index contributed by atoms with van der Waals surface area (Å²) in [6, 6.07) is 11.2. The largest absolute Gasteiger partial charge is 0.508 e. The van der Waals surface area contributed by atoms with Gasteiger partial charge in [-0.05, 0) is 85.7 Å². The van der Waals surface area contributed by atoms with Crippen molar-refractivity contribution in [3.05, 3.63) is 123 Å². The summed E-state index contributed by atoms with van der Waals surface area (Å²) in [5, 5.41) is 12.7. The molecule has 1 atom stereocenters. The average molecular weight is 624 g/mol. The molecule has 4 aromatic rings. The Morgan fingerprint density at radius 1 is 0.911 bits per heavy atom. The lowest BCUT2D eigenvalue weighted by Gasteiger charge is -2.21. The van der Waals surface area contributed by atoms with Gasteiger partial charge in [-0.25, -0.2) is 22.4 Å². The zero-order chi connectivity index (χ0) is 32.2. The smallest absolute Gasteiger partial charge is 0.328 e. The normalized spacial score (nSPS) is 14.0. The number of pyridine rings is 1. The maximum atomic E-state index is 15.4. The number of phenolic OH excluding ortho intramolecular Hbond substituents is 1. The molecule has 1 aliphatic rings. The SMILES string of the molecule is Nc1c(C(=O)c2ccc(F)cc2F)ccc(=O)n1-c1c(F)cc(CCN[C@H](C(=O)OC2CCCC2)c2ccc(O)cc2)cc1F. The molecule has 0 amide bonds. The number of carbonyl (C=O) groups excluding carboxylic acids is 2. The van der Waals surface area contributed by atoms with Crippen molar-refractivity contribution in [2.24, 2.45) is 0 Å². The van der Waals surface area contributed by atoms with Crippen LogP contribution in [0, 0.1) is 23.3 Å². The third-order valence-electron chi connectivity index (χ3n) is 7.66. The van der Waals surface area contributed by atoms with E-state index in [-0.39, 0.29) is 30.4 Å². The summed E-state index contributed by atoms with van der Waals surface area (Å²) in [5.41, 5.74) is 3.98. The van der Waals surface area contributed by atoms with Crippen LogP contribution < -0.4 is 16.6 Å². The molecule has 0 unspecified atom stereocenters. The molecule has 8 nitrogen and oxygen atoms in total. The first kappa shape index (κ1) is 31.5. The number of aromatic nitrogens is 1. The molecule has 1 heterocycles. The molecule has 0 spiro atoms. The molecule has 45 heavy (non-hydrogen) atoms. The summed E-state index contributed by atoms with van der Waals surface area (Å²) in [7, 11) is 0. The number of rotatable bonds is 10. The molecule has 0 aliphatic heterocycles. The number of phenols is 1. The Kier molecular flexibility index (Phi) is 9.33. The van der Waals surface area contributed by atoms with Crippen LogP contribution in [-0.2, 0) is 16.0 Å². The summed E-state index contributed by atoms with van der Waals surface area (Å²) >= 11 is 0. The standard InChI is InChI=1S/C33H29F4N3O5/c34-20-7-10-23(25(35)17-20)31(43)24-11-12-28(42)40(32(24)38)30-26(36)15-18(16-27(30)37)13-14-39-29(19-5-8-21(41)9-6-19)33(44)45-22-3-1-2-4-22/h5-12,15-17,22,29,39,41H,1-4,13-14,38H2/t29-/m0/s1. The molecule has 1 aliphatic carbocycles. The average Bonchev–Trinajstić information content (AvgIpc) is 3.50. The van der Waals surface area contributed by atoms with E-state index < -0.39 is 69.3 Å². The minimum absolute atomic E-state index is 0.0185. The molecular formula is C33H29F4N3O5.